The van der Waals surface area contributed by atoms with E-state index in [-0.39, 0.29) is 17.7 Å². The third kappa shape index (κ3) is 2.97. The first-order valence-corrected chi connectivity index (χ1v) is 7.29. The van der Waals surface area contributed by atoms with Crippen molar-refractivity contribution in [3.05, 3.63) is 53.5 Å². The number of nitrogens with zero attached hydrogens (tertiary/aromatic N) is 2. The van der Waals surface area contributed by atoms with E-state index in [0.29, 0.717) is 5.56 Å². The number of nitrogens with two attached hydrogens (primary N) is 1. The van der Waals surface area contributed by atoms with Crippen LogP contribution in [0.3, 0.4) is 0 Å². The van der Waals surface area contributed by atoms with Crippen molar-refractivity contribution in [1.29, 1.82) is 0 Å². The Labute approximate surface area is 140 Å². The second-order valence-corrected chi connectivity index (χ2v) is 5.80. The van der Waals surface area contributed by atoms with Crippen molar-refractivity contribution in [2.75, 3.05) is 6.61 Å². The van der Waals surface area contributed by atoms with Gasteiger partial charge >= 0.3 is 5.92 Å². The summed E-state index contributed by atoms with van der Waals surface area (Å²) in [6.07, 6.45) is 2.12. The van der Waals surface area contributed by atoms with Crippen LogP contribution in [-0.2, 0) is 16.7 Å². The number of rotatable bonds is 4. The normalized spacial score (nSPS) is 22.2. The fraction of sp³-hybridized carbons (Fsp3) is 0.312. The molecule has 6 nitrogen and oxygen atoms in total. The van der Waals surface area contributed by atoms with Gasteiger partial charge in [-0.2, -0.15) is 8.78 Å². The lowest BCUT2D eigenvalue weighted by Gasteiger charge is -2.37. The summed E-state index contributed by atoms with van der Waals surface area (Å²) in [4.78, 5) is 19.4. The smallest absolute Gasteiger partial charge is 0.310 e. The molecule has 25 heavy (non-hydrogen) atoms. The molecule has 1 aliphatic rings. The summed E-state index contributed by atoms with van der Waals surface area (Å²) in [7, 11) is 0. The van der Waals surface area contributed by atoms with Crippen LogP contribution in [0.15, 0.2) is 40.3 Å². The molecule has 132 valence electrons. The van der Waals surface area contributed by atoms with Gasteiger partial charge in [0.25, 0.3) is 6.02 Å². The Balaban J connectivity index is 1.99. The molecule has 0 bridgehead atoms. The van der Waals surface area contributed by atoms with Crippen molar-refractivity contribution in [1.82, 2.24) is 4.98 Å². The number of oxazole rings is 1. The van der Waals surface area contributed by atoms with E-state index in [2.05, 4.69) is 14.7 Å². The number of halogens is 3. The lowest BCUT2D eigenvalue weighted by Crippen LogP contribution is -2.51. The molecular formula is C16H14F3N3O3. The van der Waals surface area contributed by atoms with E-state index >= 15 is 0 Å². The lowest BCUT2D eigenvalue weighted by molar-refractivity contribution is -0.117. The molecule has 0 unspecified atom stereocenters. The van der Waals surface area contributed by atoms with Crippen molar-refractivity contribution in [3.8, 4) is 0 Å². The monoisotopic (exact) mass is 353 g/mol. The largest absolute Gasteiger partial charge is 0.459 e. The van der Waals surface area contributed by atoms with Crippen LogP contribution < -0.4 is 5.73 Å². The van der Waals surface area contributed by atoms with Crippen LogP contribution in [0.2, 0.25) is 0 Å². The zero-order chi connectivity index (χ0) is 18.2. The average molecular weight is 353 g/mol. The number of aromatic nitrogens is 1. The van der Waals surface area contributed by atoms with Gasteiger partial charge in [0.2, 0.25) is 0 Å². The Bertz CT molecular complexity index is 836. The maximum atomic E-state index is 14.4. The Kier molecular flexibility index (Phi) is 4.02. The summed E-state index contributed by atoms with van der Waals surface area (Å²) in [5.74, 6) is -4.75. The van der Waals surface area contributed by atoms with Gasteiger partial charge in [-0.15, -0.1) is 0 Å². The molecule has 0 amide bonds. The highest BCUT2D eigenvalue weighted by Gasteiger charge is 2.56. The summed E-state index contributed by atoms with van der Waals surface area (Å²) in [6.45, 7) is 0.0599. The van der Waals surface area contributed by atoms with E-state index in [1.165, 1.54) is 18.4 Å². The number of carbonyl (C=O) groups is 1. The van der Waals surface area contributed by atoms with Crippen molar-refractivity contribution in [2.45, 2.75) is 24.8 Å². The third-order valence-electron chi connectivity index (χ3n) is 4.09. The number of amidine groups is 1. The molecule has 3 rings (SSSR count). The SMILES string of the molecule is C[C@]1(c2cc(CC(=O)c3cocn3)ccc2F)N=C(N)OCC1(F)F. The standard InChI is InChI=1S/C16H14F3N3O3/c1-15(16(18,19)7-25-14(20)22-15)10-4-9(2-3-11(10)17)5-13(23)12-6-24-8-21-12/h2-4,6,8H,5,7H2,1H3,(H2,20,22)/t15-/m1/s1. The molecule has 2 N–H and O–H groups in total. The molecule has 2 heterocycles. The minimum atomic E-state index is -3.48. The number of alkyl halides is 2. The van der Waals surface area contributed by atoms with Crippen LogP contribution in [-0.4, -0.2) is 29.3 Å². The molecule has 0 saturated heterocycles. The van der Waals surface area contributed by atoms with Gasteiger partial charge in [-0.3, -0.25) is 4.79 Å². The number of aliphatic imine (C=N–C) groups is 1. The van der Waals surface area contributed by atoms with Gasteiger partial charge < -0.3 is 14.9 Å². The second kappa shape index (κ2) is 5.91. The van der Waals surface area contributed by atoms with Gasteiger partial charge in [0.1, 0.15) is 17.8 Å². The quantitative estimate of drug-likeness (QED) is 0.853. The van der Waals surface area contributed by atoms with E-state index in [9.17, 15) is 18.0 Å². The van der Waals surface area contributed by atoms with E-state index in [1.54, 1.807) is 0 Å². The van der Waals surface area contributed by atoms with Gasteiger partial charge in [0.05, 0.1) is 0 Å². The van der Waals surface area contributed by atoms with Crippen LogP contribution in [0, 0.1) is 5.82 Å². The first-order valence-electron chi connectivity index (χ1n) is 7.29. The maximum Gasteiger partial charge on any atom is 0.310 e. The highest BCUT2D eigenvalue weighted by molar-refractivity contribution is 5.95. The van der Waals surface area contributed by atoms with Gasteiger partial charge in [-0.1, -0.05) is 6.07 Å². The fourth-order valence-electron chi connectivity index (χ4n) is 2.58. The number of ketones is 1. The van der Waals surface area contributed by atoms with E-state index in [1.807, 2.05) is 0 Å². The molecule has 0 fully saturated rings. The zero-order valence-corrected chi connectivity index (χ0v) is 13.1. The number of benzene rings is 1. The number of ether oxygens (including phenoxy) is 1. The highest BCUT2D eigenvalue weighted by Crippen LogP contribution is 2.44. The highest BCUT2D eigenvalue weighted by atomic mass is 19.3. The van der Waals surface area contributed by atoms with Crippen molar-refractivity contribution in [3.63, 3.8) is 0 Å². The summed E-state index contributed by atoms with van der Waals surface area (Å²) in [5.41, 5.74) is 3.22. The Morgan fingerprint density at radius 1 is 1.40 bits per heavy atom. The van der Waals surface area contributed by atoms with Gasteiger partial charge in [-0.25, -0.2) is 14.4 Å². The van der Waals surface area contributed by atoms with Crippen LogP contribution in [0.25, 0.3) is 0 Å². The van der Waals surface area contributed by atoms with E-state index < -0.39 is 35.7 Å². The van der Waals surface area contributed by atoms with Crippen molar-refractivity contribution in [2.24, 2.45) is 10.7 Å². The van der Waals surface area contributed by atoms with Crippen LogP contribution in [0.1, 0.15) is 28.5 Å². The average Bonchev–Trinajstić information content (AvgIpc) is 3.08. The molecule has 0 aliphatic carbocycles. The minimum Gasteiger partial charge on any atom is -0.459 e. The van der Waals surface area contributed by atoms with Gasteiger partial charge in [0.15, 0.2) is 24.3 Å². The van der Waals surface area contributed by atoms with Crippen LogP contribution in [0.4, 0.5) is 13.2 Å². The summed E-state index contributed by atoms with van der Waals surface area (Å²) in [6, 6.07) is 3.09. The van der Waals surface area contributed by atoms with Crippen molar-refractivity contribution < 1.29 is 27.1 Å². The predicted molar refractivity (Wildman–Crippen MR) is 80.8 cm³/mol. The molecule has 0 saturated carbocycles. The van der Waals surface area contributed by atoms with E-state index in [0.717, 1.165) is 19.4 Å². The molecule has 1 atom stereocenters. The predicted octanol–water partition coefficient (Wildman–Crippen LogP) is 2.43. The van der Waals surface area contributed by atoms with Gasteiger partial charge in [-0.05, 0) is 24.6 Å². The van der Waals surface area contributed by atoms with Crippen molar-refractivity contribution >= 4 is 11.8 Å². The molecule has 0 radical (unpaired) electrons. The fourth-order valence-corrected chi connectivity index (χ4v) is 2.58. The molecule has 9 heteroatoms. The lowest BCUT2D eigenvalue weighted by atomic mass is 9.84. The second-order valence-electron chi connectivity index (χ2n) is 5.80. The molecule has 0 spiro atoms. The molecule has 1 aromatic carbocycles. The Morgan fingerprint density at radius 3 is 2.84 bits per heavy atom. The van der Waals surface area contributed by atoms with E-state index in [4.69, 9.17) is 10.2 Å². The molecule has 1 aromatic heterocycles. The topological polar surface area (TPSA) is 90.7 Å². The first-order chi connectivity index (χ1) is 11.7. The number of hydrogen-bond donors (Lipinski definition) is 1. The first kappa shape index (κ1) is 17.0. The minimum absolute atomic E-state index is 0.0933. The Hall–Kier alpha value is -2.84. The Morgan fingerprint density at radius 2 is 2.16 bits per heavy atom. The number of hydrogen-bond acceptors (Lipinski definition) is 6. The zero-order valence-electron chi connectivity index (χ0n) is 13.1. The molecular weight excluding hydrogens is 339 g/mol. The third-order valence-corrected chi connectivity index (χ3v) is 4.09. The van der Waals surface area contributed by atoms with Crippen LogP contribution >= 0.6 is 0 Å². The van der Waals surface area contributed by atoms with Crippen LogP contribution in [0.5, 0.6) is 0 Å². The summed E-state index contributed by atoms with van der Waals surface area (Å²) in [5, 5.41) is 0. The summed E-state index contributed by atoms with van der Waals surface area (Å²) >= 11 is 0. The molecule has 1 aliphatic heterocycles. The molecule has 2 aromatic rings. The maximum absolute atomic E-state index is 14.4. The number of carbonyl (C=O) groups excluding carboxylic acids is 1. The van der Waals surface area contributed by atoms with Gasteiger partial charge in [0, 0.05) is 12.0 Å². The summed E-state index contributed by atoms with van der Waals surface area (Å²) < 4.78 is 52.3. The number of Topliss-reactive ketones (excluding diaryl/α,β-unsaturated/α-hetero) is 1.